The first kappa shape index (κ1) is 15.0. The highest BCUT2D eigenvalue weighted by Crippen LogP contribution is 2.28. The molecule has 7 heteroatoms. The van der Waals surface area contributed by atoms with E-state index in [4.69, 9.17) is 28.3 Å². The molecule has 0 aliphatic heterocycles. The fourth-order valence-electron chi connectivity index (χ4n) is 1.59. The summed E-state index contributed by atoms with van der Waals surface area (Å²) in [6, 6.07) is 9.39. The monoisotopic (exact) mass is 329 g/mol. The van der Waals surface area contributed by atoms with E-state index in [2.05, 4.69) is 4.98 Å². The summed E-state index contributed by atoms with van der Waals surface area (Å²) < 4.78 is 12.3. The van der Waals surface area contributed by atoms with Crippen molar-refractivity contribution in [2.24, 2.45) is 0 Å². The van der Waals surface area contributed by atoms with E-state index < -0.39 is 16.8 Å². The van der Waals surface area contributed by atoms with E-state index in [1.807, 2.05) is 0 Å². The Hall–Kier alpha value is -1.43. The number of pyridine rings is 1. The van der Waals surface area contributed by atoms with Gasteiger partial charge >= 0.3 is 5.97 Å². The van der Waals surface area contributed by atoms with Gasteiger partial charge in [0.15, 0.2) is 0 Å². The summed E-state index contributed by atoms with van der Waals surface area (Å²) in [7, 11) is -1.50. The fourth-order valence-corrected chi connectivity index (χ4v) is 3.64. The van der Waals surface area contributed by atoms with Gasteiger partial charge in [0.2, 0.25) is 0 Å². The Morgan fingerprint density at radius 3 is 2.35 bits per heavy atom. The van der Waals surface area contributed by atoms with Crippen LogP contribution in [0.2, 0.25) is 10.0 Å². The zero-order chi connectivity index (χ0) is 14.7. The van der Waals surface area contributed by atoms with E-state index in [0.717, 1.165) is 0 Å². The number of benzene rings is 1. The normalized spacial score (nSPS) is 12.1. The molecule has 2 rings (SSSR count). The molecule has 4 nitrogen and oxygen atoms in total. The van der Waals surface area contributed by atoms with Crippen LogP contribution in [-0.2, 0) is 16.6 Å². The Labute approximate surface area is 127 Å². The van der Waals surface area contributed by atoms with E-state index in [1.54, 1.807) is 30.3 Å². The molecule has 20 heavy (non-hydrogen) atoms. The second-order valence-corrected chi connectivity index (χ2v) is 6.06. The van der Waals surface area contributed by atoms with E-state index in [0.29, 0.717) is 20.6 Å². The third-order valence-electron chi connectivity index (χ3n) is 2.45. The number of carboxylic acids is 1. The highest BCUT2D eigenvalue weighted by atomic mass is 35.5. The number of hydrogen-bond donors (Lipinski definition) is 1. The van der Waals surface area contributed by atoms with Gasteiger partial charge in [0.25, 0.3) is 0 Å². The average Bonchev–Trinajstić information content (AvgIpc) is 2.38. The highest BCUT2D eigenvalue weighted by Gasteiger charge is 2.15. The van der Waals surface area contributed by atoms with Gasteiger partial charge in [0, 0.05) is 0 Å². The lowest BCUT2D eigenvalue weighted by Crippen LogP contribution is -2.05. The Balaban J connectivity index is 2.28. The SMILES string of the molecule is O=C(O)c1cccc(CS(=O)c2c(Cl)cccc2Cl)n1. The van der Waals surface area contributed by atoms with Gasteiger partial charge in [0.05, 0.1) is 37.2 Å². The molecule has 0 aliphatic rings. The van der Waals surface area contributed by atoms with Crippen LogP contribution in [0.1, 0.15) is 16.2 Å². The van der Waals surface area contributed by atoms with Gasteiger partial charge in [-0.2, -0.15) is 0 Å². The summed E-state index contributed by atoms with van der Waals surface area (Å²) in [6.45, 7) is 0. The van der Waals surface area contributed by atoms with Gasteiger partial charge in [-0.25, -0.2) is 9.78 Å². The first-order valence-electron chi connectivity index (χ1n) is 5.50. The molecule has 0 saturated heterocycles. The van der Waals surface area contributed by atoms with Crippen molar-refractivity contribution in [1.82, 2.24) is 4.98 Å². The number of aromatic nitrogens is 1. The summed E-state index contributed by atoms with van der Waals surface area (Å²) in [6.07, 6.45) is 0. The van der Waals surface area contributed by atoms with Crippen LogP contribution in [0.3, 0.4) is 0 Å². The smallest absolute Gasteiger partial charge is 0.354 e. The van der Waals surface area contributed by atoms with Crippen LogP contribution in [0.5, 0.6) is 0 Å². The minimum absolute atomic E-state index is 0.0462. The molecule has 0 fully saturated rings. The second-order valence-electron chi connectivity index (χ2n) is 3.86. The number of hydrogen-bond acceptors (Lipinski definition) is 3. The van der Waals surface area contributed by atoms with E-state index in [1.165, 1.54) is 6.07 Å². The van der Waals surface area contributed by atoms with Crippen molar-refractivity contribution in [2.45, 2.75) is 10.6 Å². The molecule has 1 heterocycles. The van der Waals surface area contributed by atoms with E-state index >= 15 is 0 Å². The molecular weight excluding hydrogens is 321 g/mol. The van der Waals surface area contributed by atoms with E-state index in [9.17, 15) is 9.00 Å². The van der Waals surface area contributed by atoms with Crippen LogP contribution in [0.15, 0.2) is 41.3 Å². The lowest BCUT2D eigenvalue weighted by Gasteiger charge is -2.07. The Bertz CT molecular complexity index is 671. The van der Waals surface area contributed by atoms with Crippen molar-refractivity contribution in [3.8, 4) is 0 Å². The predicted octanol–water partition coefficient (Wildman–Crippen LogP) is 3.39. The van der Waals surface area contributed by atoms with Gasteiger partial charge in [-0.05, 0) is 24.3 Å². The molecule has 0 spiro atoms. The second kappa shape index (κ2) is 6.35. The van der Waals surface area contributed by atoms with Crippen LogP contribution in [-0.4, -0.2) is 20.3 Å². The average molecular weight is 330 g/mol. The van der Waals surface area contributed by atoms with Crippen LogP contribution in [0.4, 0.5) is 0 Å². The minimum atomic E-state index is -1.50. The molecule has 104 valence electrons. The molecule has 0 radical (unpaired) electrons. The summed E-state index contributed by atoms with van der Waals surface area (Å²) in [5.74, 6) is -1.08. The van der Waals surface area contributed by atoms with Crippen molar-refractivity contribution in [1.29, 1.82) is 0 Å². The largest absolute Gasteiger partial charge is 0.477 e. The third-order valence-corrected chi connectivity index (χ3v) is 4.76. The fraction of sp³-hybridized carbons (Fsp3) is 0.0769. The molecule has 1 N–H and O–H groups in total. The molecule has 1 aromatic carbocycles. The molecule has 2 aromatic rings. The van der Waals surface area contributed by atoms with Gasteiger partial charge in [-0.1, -0.05) is 35.3 Å². The summed E-state index contributed by atoms with van der Waals surface area (Å²) in [4.78, 5) is 15.1. The van der Waals surface area contributed by atoms with Crippen LogP contribution in [0, 0.1) is 0 Å². The Kier molecular flexibility index (Phi) is 4.75. The molecule has 1 unspecified atom stereocenters. The summed E-state index contributed by atoms with van der Waals surface area (Å²) >= 11 is 12.0. The van der Waals surface area contributed by atoms with Gasteiger partial charge in [-0.15, -0.1) is 0 Å². The predicted molar refractivity (Wildman–Crippen MR) is 77.8 cm³/mol. The molecule has 0 aliphatic carbocycles. The maximum atomic E-state index is 12.3. The molecule has 0 amide bonds. The van der Waals surface area contributed by atoms with Gasteiger partial charge in [0.1, 0.15) is 5.69 Å². The van der Waals surface area contributed by atoms with Crippen molar-refractivity contribution in [3.63, 3.8) is 0 Å². The molecule has 1 atom stereocenters. The molecular formula is C13H9Cl2NO3S. The number of nitrogens with zero attached hydrogens (tertiary/aromatic N) is 1. The summed E-state index contributed by atoms with van der Waals surface area (Å²) in [5.41, 5.74) is 0.309. The first-order chi connectivity index (χ1) is 9.49. The number of aromatic carboxylic acids is 1. The van der Waals surface area contributed by atoms with Gasteiger partial charge < -0.3 is 5.11 Å². The Morgan fingerprint density at radius 1 is 1.15 bits per heavy atom. The highest BCUT2D eigenvalue weighted by molar-refractivity contribution is 7.84. The van der Waals surface area contributed by atoms with Crippen molar-refractivity contribution < 1.29 is 14.1 Å². The third kappa shape index (κ3) is 3.36. The summed E-state index contributed by atoms with van der Waals surface area (Å²) in [5, 5.41) is 9.49. The lowest BCUT2D eigenvalue weighted by atomic mass is 10.3. The van der Waals surface area contributed by atoms with Crippen molar-refractivity contribution in [2.75, 3.05) is 0 Å². The Morgan fingerprint density at radius 2 is 1.75 bits per heavy atom. The van der Waals surface area contributed by atoms with Crippen molar-refractivity contribution >= 4 is 40.0 Å². The van der Waals surface area contributed by atoms with Crippen LogP contribution >= 0.6 is 23.2 Å². The van der Waals surface area contributed by atoms with Crippen LogP contribution < -0.4 is 0 Å². The van der Waals surface area contributed by atoms with Gasteiger partial charge in [-0.3, -0.25) is 4.21 Å². The molecule has 1 aromatic heterocycles. The first-order valence-corrected chi connectivity index (χ1v) is 7.58. The lowest BCUT2D eigenvalue weighted by molar-refractivity contribution is 0.0690. The standard InChI is InChI=1S/C13H9Cl2NO3S/c14-9-4-2-5-10(15)12(9)20(19)7-8-3-1-6-11(16-8)13(17)18/h1-6H,7H2,(H,17,18). The number of carbonyl (C=O) groups is 1. The minimum Gasteiger partial charge on any atom is -0.477 e. The maximum Gasteiger partial charge on any atom is 0.354 e. The molecule has 0 bridgehead atoms. The zero-order valence-corrected chi connectivity index (χ0v) is 12.4. The topological polar surface area (TPSA) is 67.3 Å². The van der Waals surface area contributed by atoms with Crippen molar-refractivity contribution in [3.05, 3.63) is 57.8 Å². The molecule has 0 saturated carbocycles. The number of carboxylic acid groups (broad SMARTS) is 1. The van der Waals surface area contributed by atoms with Crippen LogP contribution in [0.25, 0.3) is 0 Å². The number of halogens is 2. The quantitative estimate of drug-likeness (QED) is 0.933. The number of rotatable bonds is 4. The zero-order valence-electron chi connectivity index (χ0n) is 10.0. The van der Waals surface area contributed by atoms with E-state index in [-0.39, 0.29) is 11.4 Å². The maximum absolute atomic E-state index is 12.3.